The number of rotatable bonds is 3. The van der Waals surface area contributed by atoms with Gasteiger partial charge in [-0.05, 0) is 12.8 Å². The van der Waals surface area contributed by atoms with Crippen LogP contribution in [0.25, 0.3) is 0 Å². The van der Waals surface area contributed by atoms with Gasteiger partial charge in [-0.3, -0.25) is 4.79 Å². The minimum atomic E-state index is -0.359. The van der Waals surface area contributed by atoms with E-state index in [0.29, 0.717) is 6.42 Å². The summed E-state index contributed by atoms with van der Waals surface area (Å²) < 4.78 is 11.6. The number of carbonyl (C=O) groups excluding carboxylic acids is 1. The van der Waals surface area contributed by atoms with Crippen LogP contribution in [0.1, 0.15) is 42.5 Å². The molecule has 2 heterocycles. The molecule has 0 bridgehead atoms. The van der Waals surface area contributed by atoms with E-state index in [9.17, 15) is 4.79 Å². The Morgan fingerprint density at radius 1 is 1.28 bits per heavy atom. The average molecular weight is 246 g/mol. The normalized spacial score (nSPS) is 31.0. The van der Waals surface area contributed by atoms with E-state index in [0.717, 1.165) is 37.9 Å². The van der Waals surface area contributed by atoms with Crippen molar-refractivity contribution < 1.29 is 14.3 Å². The molecule has 0 N–H and O–H groups in total. The molecule has 0 aliphatic carbocycles. The van der Waals surface area contributed by atoms with Gasteiger partial charge < -0.3 is 9.47 Å². The number of benzene rings is 1. The molecule has 3 heteroatoms. The summed E-state index contributed by atoms with van der Waals surface area (Å²) in [6.07, 6.45) is 4.39. The van der Waals surface area contributed by atoms with Gasteiger partial charge in [0.2, 0.25) is 0 Å². The quantitative estimate of drug-likeness (QED) is 0.769. The summed E-state index contributed by atoms with van der Waals surface area (Å²) in [6, 6.07) is 9.43. The number of hydrogen-bond donors (Lipinski definition) is 0. The Bertz CT molecular complexity index is 421. The molecule has 0 saturated carbocycles. The van der Waals surface area contributed by atoms with Crippen LogP contribution in [0.4, 0.5) is 0 Å². The Morgan fingerprint density at radius 2 is 2.11 bits per heavy atom. The summed E-state index contributed by atoms with van der Waals surface area (Å²) in [7, 11) is 0. The molecule has 0 aromatic heterocycles. The van der Waals surface area contributed by atoms with Crippen molar-refractivity contribution in [3.63, 3.8) is 0 Å². The third-order valence-corrected chi connectivity index (χ3v) is 3.80. The van der Waals surface area contributed by atoms with Crippen molar-refractivity contribution in [1.82, 2.24) is 0 Å². The highest BCUT2D eigenvalue weighted by Gasteiger charge is 2.44. The lowest BCUT2D eigenvalue weighted by atomic mass is 10.0. The van der Waals surface area contributed by atoms with Crippen LogP contribution in [0.15, 0.2) is 30.3 Å². The van der Waals surface area contributed by atoms with Crippen LogP contribution in [0.3, 0.4) is 0 Å². The summed E-state index contributed by atoms with van der Waals surface area (Å²) in [6.45, 7) is 0.791. The second-order valence-corrected chi connectivity index (χ2v) is 5.13. The molecule has 1 spiro atoms. The summed E-state index contributed by atoms with van der Waals surface area (Å²) in [5, 5.41) is 0. The maximum absolute atomic E-state index is 12.1. The minimum Gasteiger partial charge on any atom is -0.350 e. The molecular formula is C15H18O3. The van der Waals surface area contributed by atoms with E-state index < -0.39 is 0 Å². The van der Waals surface area contributed by atoms with Crippen molar-refractivity contribution in [2.75, 3.05) is 6.61 Å². The Hall–Kier alpha value is -1.19. The first-order valence-corrected chi connectivity index (χ1v) is 6.67. The van der Waals surface area contributed by atoms with Crippen LogP contribution in [-0.2, 0) is 9.47 Å². The van der Waals surface area contributed by atoms with Gasteiger partial charge in [0.25, 0.3) is 0 Å². The third-order valence-electron chi connectivity index (χ3n) is 3.80. The van der Waals surface area contributed by atoms with Crippen LogP contribution in [0.5, 0.6) is 0 Å². The van der Waals surface area contributed by atoms with Crippen LogP contribution >= 0.6 is 0 Å². The Balaban J connectivity index is 1.60. The smallest absolute Gasteiger partial charge is 0.168 e. The molecule has 1 aromatic carbocycles. The van der Waals surface area contributed by atoms with Gasteiger partial charge in [0, 0.05) is 24.8 Å². The summed E-state index contributed by atoms with van der Waals surface area (Å²) in [5.74, 6) is -0.197. The van der Waals surface area contributed by atoms with Crippen LogP contribution < -0.4 is 0 Å². The van der Waals surface area contributed by atoms with Gasteiger partial charge in [0.15, 0.2) is 11.6 Å². The van der Waals surface area contributed by atoms with Crippen LogP contribution in [0, 0.1) is 0 Å². The fourth-order valence-corrected chi connectivity index (χ4v) is 2.86. The van der Waals surface area contributed by atoms with Crippen molar-refractivity contribution >= 4 is 5.78 Å². The highest BCUT2D eigenvalue weighted by atomic mass is 16.7. The van der Waals surface area contributed by atoms with Gasteiger partial charge in [0.1, 0.15) is 0 Å². The number of carbonyl (C=O) groups is 1. The van der Waals surface area contributed by atoms with E-state index in [4.69, 9.17) is 9.47 Å². The lowest BCUT2D eigenvalue weighted by Crippen LogP contribution is -2.28. The molecule has 96 valence electrons. The highest BCUT2D eigenvalue weighted by molar-refractivity contribution is 5.96. The molecule has 1 aromatic rings. The fraction of sp³-hybridized carbons (Fsp3) is 0.533. The number of ether oxygens (including phenoxy) is 2. The zero-order valence-corrected chi connectivity index (χ0v) is 10.4. The van der Waals surface area contributed by atoms with Gasteiger partial charge in [-0.2, -0.15) is 0 Å². The first-order chi connectivity index (χ1) is 8.77. The van der Waals surface area contributed by atoms with Crippen molar-refractivity contribution in [2.45, 2.75) is 44.0 Å². The lowest BCUT2D eigenvalue weighted by molar-refractivity contribution is -0.197. The molecule has 3 rings (SSSR count). The SMILES string of the molecule is O=C(C[C@H]1CC[C@@]2(CCCO2)O1)c1ccccc1. The number of ketones is 1. The van der Waals surface area contributed by atoms with Crippen molar-refractivity contribution in [2.24, 2.45) is 0 Å². The molecular weight excluding hydrogens is 228 g/mol. The summed E-state index contributed by atoms with van der Waals surface area (Å²) in [5.41, 5.74) is 0.773. The molecule has 2 aliphatic rings. The van der Waals surface area contributed by atoms with E-state index >= 15 is 0 Å². The van der Waals surface area contributed by atoms with Gasteiger partial charge in [-0.25, -0.2) is 0 Å². The minimum absolute atomic E-state index is 0.0239. The predicted octanol–water partition coefficient (Wildman–Crippen LogP) is 2.95. The second kappa shape index (κ2) is 4.82. The van der Waals surface area contributed by atoms with Gasteiger partial charge in [0.05, 0.1) is 12.7 Å². The molecule has 18 heavy (non-hydrogen) atoms. The molecule has 2 fully saturated rings. The monoisotopic (exact) mass is 246 g/mol. The van der Waals surface area contributed by atoms with Gasteiger partial charge in [-0.1, -0.05) is 30.3 Å². The molecule has 0 amide bonds. The molecule has 3 nitrogen and oxygen atoms in total. The predicted molar refractivity (Wildman–Crippen MR) is 67.4 cm³/mol. The zero-order chi connectivity index (χ0) is 12.4. The second-order valence-electron chi connectivity index (χ2n) is 5.13. The zero-order valence-electron chi connectivity index (χ0n) is 10.4. The topological polar surface area (TPSA) is 35.5 Å². The summed E-state index contributed by atoms with van der Waals surface area (Å²) >= 11 is 0. The molecule has 2 aliphatic heterocycles. The van der Waals surface area contributed by atoms with E-state index in [1.807, 2.05) is 30.3 Å². The third kappa shape index (κ3) is 2.33. The van der Waals surface area contributed by atoms with Crippen LogP contribution in [0.2, 0.25) is 0 Å². The average Bonchev–Trinajstić information content (AvgIpc) is 3.02. The fourth-order valence-electron chi connectivity index (χ4n) is 2.86. The Labute approximate surface area is 107 Å². The van der Waals surface area contributed by atoms with Gasteiger partial charge in [-0.15, -0.1) is 0 Å². The van der Waals surface area contributed by atoms with E-state index in [2.05, 4.69) is 0 Å². The maximum Gasteiger partial charge on any atom is 0.168 e. The van der Waals surface area contributed by atoms with Crippen molar-refractivity contribution in [1.29, 1.82) is 0 Å². The summed E-state index contributed by atoms with van der Waals surface area (Å²) in [4.78, 5) is 12.1. The van der Waals surface area contributed by atoms with Crippen molar-refractivity contribution in [3.05, 3.63) is 35.9 Å². The standard InChI is InChI=1S/C15H18O3/c16-14(12-5-2-1-3-6-12)11-13-7-9-15(18-13)8-4-10-17-15/h1-3,5-6,13H,4,7-11H2/t13-,15-/m1/s1. The van der Waals surface area contributed by atoms with Gasteiger partial charge >= 0.3 is 0 Å². The largest absolute Gasteiger partial charge is 0.350 e. The first kappa shape index (κ1) is 11.9. The molecule has 2 saturated heterocycles. The Morgan fingerprint density at radius 3 is 2.83 bits per heavy atom. The molecule has 0 unspecified atom stereocenters. The number of hydrogen-bond acceptors (Lipinski definition) is 3. The first-order valence-electron chi connectivity index (χ1n) is 6.67. The highest BCUT2D eigenvalue weighted by Crippen LogP contribution is 2.40. The van der Waals surface area contributed by atoms with Crippen LogP contribution in [-0.4, -0.2) is 24.3 Å². The lowest BCUT2D eigenvalue weighted by Gasteiger charge is -2.22. The van der Waals surface area contributed by atoms with E-state index in [1.165, 1.54) is 0 Å². The molecule has 0 radical (unpaired) electrons. The van der Waals surface area contributed by atoms with E-state index in [-0.39, 0.29) is 17.7 Å². The molecule has 2 atom stereocenters. The van der Waals surface area contributed by atoms with E-state index in [1.54, 1.807) is 0 Å². The Kier molecular flexibility index (Phi) is 3.18. The maximum atomic E-state index is 12.1. The van der Waals surface area contributed by atoms with Crippen molar-refractivity contribution in [3.8, 4) is 0 Å². The number of Topliss-reactive ketones (excluding diaryl/α,β-unsaturated/α-hetero) is 1.